The highest BCUT2D eigenvalue weighted by atomic mass is 16.6. The van der Waals surface area contributed by atoms with Crippen LogP contribution in [0, 0.1) is 5.92 Å². The van der Waals surface area contributed by atoms with Crippen LogP contribution < -0.4 is 5.90 Å². The van der Waals surface area contributed by atoms with Crippen molar-refractivity contribution in [2.75, 3.05) is 7.11 Å². The van der Waals surface area contributed by atoms with Gasteiger partial charge >= 0.3 is 0 Å². The highest BCUT2D eigenvalue weighted by molar-refractivity contribution is 4.91. The van der Waals surface area contributed by atoms with Crippen LogP contribution in [0.3, 0.4) is 0 Å². The molecule has 0 aliphatic rings. The molecule has 1 rings (SSSR count). The molecule has 0 fully saturated rings. The summed E-state index contributed by atoms with van der Waals surface area (Å²) in [6, 6.07) is 0. The molecule has 14 heavy (non-hydrogen) atoms. The summed E-state index contributed by atoms with van der Waals surface area (Å²) in [5.41, 5.74) is 0. The fourth-order valence-electron chi connectivity index (χ4n) is 1.19. The summed E-state index contributed by atoms with van der Waals surface area (Å²) >= 11 is 0. The maximum Gasteiger partial charge on any atom is 0.254 e. The smallest absolute Gasteiger partial charge is 0.254 e. The van der Waals surface area contributed by atoms with E-state index in [0.29, 0.717) is 11.7 Å². The van der Waals surface area contributed by atoms with Crippen LogP contribution in [0.1, 0.15) is 31.7 Å². The summed E-state index contributed by atoms with van der Waals surface area (Å²) < 4.78 is 10.1. The molecule has 0 saturated heterocycles. The zero-order valence-electron chi connectivity index (χ0n) is 8.56. The van der Waals surface area contributed by atoms with Gasteiger partial charge in [-0.15, -0.1) is 0 Å². The average Bonchev–Trinajstić information content (AvgIpc) is 2.54. The Labute approximate surface area is 82.3 Å². The lowest BCUT2D eigenvalue weighted by Crippen LogP contribution is -2.10. The monoisotopic (exact) mass is 201 g/mol. The minimum atomic E-state index is -0.162. The highest BCUT2D eigenvalue weighted by Crippen LogP contribution is 2.22. The second kappa shape index (κ2) is 5.04. The average molecular weight is 201 g/mol. The van der Waals surface area contributed by atoms with Gasteiger partial charge in [-0.25, -0.2) is 5.90 Å². The quantitative estimate of drug-likeness (QED) is 0.709. The first-order valence-corrected chi connectivity index (χ1v) is 4.36. The Morgan fingerprint density at radius 3 is 2.71 bits per heavy atom. The standard InChI is InChI=1S/C8H15N3O3/c1-5(2)7(12-3)8-10-6(4-13-9)14-11-8/h5,7H,4,9H2,1-3H3. The molecule has 0 spiro atoms. The molecule has 0 radical (unpaired) electrons. The van der Waals surface area contributed by atoms with E-state index in [4.69, 9.17) is 15.2 Å². The number of nitrogens with two attached hydrogens (primary N) is 1. The molecule has 0 aliphatic carbocycles. The van der Waals surface area contributed by atoms with Crippen LogP contribution in [0.25, 0.3) is 0 Å². The molecule has 1 aromatic rings. The number of hydrogen-bond donors (Lipinski definition) is 1. The molecule has 0 bridgehead atoms. The van der Waals surface area contributed by atoms with Crippen LogP contribution >= 0.6 is 0 Å². The van der Waals surface area contributed by atoms with Gasteiger partial charge in [0.25, 0.3) is 5.89 Å². The van der Waals surface area contributed by atoms with E-state index in [0.717, 1.165) is 0 Å². The third kappa shape index (κ3) is 2.50. The molecule has 1 unspecified atom stereocenters. The second-order valence-corrected chi connectivity index (χ2v) is 3.26. The molecule has 1 heterocycles. The number of methoxy groups -OCH3 is 1. The zero-order chi connectivity index (χ0) is 10.6. The van der Waals surface area contributed by atoms with Crippen molar-refractivity contribution in [3.8, 4) is 0 Å². The van der Waals surface area contributed by atoms with Crippen molar-refractivity contribution in [3.63, 3.8) is 0 Å². The van der Waals surface area contributed by atoms with Crippen LogP contribution in [0.2, 0.25) is 0 Å². The molecular weight excluding hydrogens is 186 g/mol. The largest absolute Gasteiger partial charge is 0.373 e. The van der Waals surface area contributed by atoms with E-state index in [9.17, 15) is 0 Å². The lowest BCUT2D eigenvalue weighted by molar-refractivity contribution is 0.0555. The number of rotatable bonds is 5. The molecule has 0 amide bonds. The van der Waals surface area contributed by atoms with Crippen molar-refractivity contribution in [1.29, 1.82) is 0 Å². The molecule has 2 N–H and O–H groups in total. The van der Waals surface area contributed by atoms with E-state index in [2.05, 4.69) is 15.0 Å². The Morgan fingerprint density at radius 1 is 1.50 bits per heavy atom. The molecule has 0 saturated carbocycles. The third-order valence-electron chi connectivity index (χ3n) is 1.80. The SMILES string of the molecule is COC(c1noc(CON)n1)C(C)C. The topological polar surface area (TPSA) is 83.4 Å². The van der Waals surface area contributed by atoms with E-state index in [1.165, 1.54) is 0 Å². The van der Waals surface area contributed by atoms with Crippen molar-refractivity contribution < 1.29 is 14.1 Å². The predicted molar refractivity (Wildman–Crippen MR) is 47.9 cm³/mol. The van der Waals surface area contributed by atoms with Crippen molar-refractivity contribution in [2.24, 2.45) is 11.8 Å². The van der Waals surface area contributed by atoms with E-state index < -0.39 is 0 Å². The van der Waals surface area contributed by atoms with Gasteiger partial charge in [0.1, 0.15) is 12.7 Å². The maximum atomic E-state index is 5.23. The number of ether oxygens (including phenoxy) is 1. The Morgan fingerprint density at radius 2 is 2.21 bits per heavy atom. The first-order valence-electron chi connectivity index (χ1n) is 4.36. The van der Waals surface area contributed by atoms with Gasteiger partial charge in [-0.05, 0) is 5.92 Å². The summed E-state index contributed by atoms with van der Waals surface area (Å²) in [7, 11) is 1.61. The fourth-order valence-corrected chi connectivity index (χ4v) is 1.19. The lowest BCUT2D eigenvalue weighted by atomic mass is 10.1. The minimum Gasteiger partial charge on any atom is -0.373 e. The van der Waals surface area contributed by atoms with Gasteiger partial charge < -0.3 is 9.26 Å². The van der Waals surface area contributed by atoms with E-state index in [-0.39, 0.29) is 18.6 Å². The normalized spacial score (nSPS) is 13.5. The van der Waals surface area contributed by atoms with Gasteiger partial charge in [0.15, 0.2) is 0 Å². The molecule has 6 heteroatoms. The summed E-state index contributed by atoms with van der Waals surface area (Å²) in [6.45, 7) is 4.15. The highest BCUT2D eigenvalue weighted by Gasteiger charge is 2.21. The van der Waals surface area contributed by atoms with Crippen LogP contribution in [-0.4, -0.2) is 17.3 Å². The van der Waals surface area contributed by atoms with E-state index in [1.54, 1.807) is 7.11 Å². The number of hydrogen-bond acceptors (Lipinski definition) is 6. The fraction of sp³-hybridized carbons (Fsp3) is 0.750. The Kier molecular flexibility index (Phi) is 3.99. The van der Waals surface area contributed by atoms with Gasteiger partial charge in [0.05, 0.1) is 0 Å². The first-order chi connectivity index (χ1) is 6.69. The Balaban J connectivity index is 2.73. The van der Waals surface area contributed by atoms with Crippen molar-refractivity contribution in [1.82, 2.24) is 10.1 Å². The summed E-state index contributed by atoms with van der Waals surface area (Å²) in [5.74, 6) is 6.04. The maximum absolute atomic E-state index is 5.23. The Bertz CT molecular complexity index is 275. The molecular formula is C8H15N3O3. The summed E-state index contributed by atoms with van der Waals surface area (Å²) in [6.07, 6.45) is -0.162. The molecule has 1 atom stereocenters. The number of aromatic nitrogens is 2. The number of nitrogens with zero attached hydrogens (tertiary/aromatic N) is 2. The van der Waals surface area contributed by atoms with Crippen LogP contribution in [0.4, 0.5) is 0 Å². The van der Waals surface area contributed by atoms with Crippen molar-refractivity contribution >= 4 is 0 Å². The molecule has 6 nitrogen and oxygen atoms in total. The molecule has 0 aliphatic heterocycles. The molecule has 0 aromatic carbocycles. The predicted octanol–water partition coefficient (Wildman–Crippen LogP) is 0.803. The Hall–Kier alpha value is -0.980. The lowest BCUT2D eigenvalue weighted by Gasteiger charge is -2.14. The van der Waals surface area contributed by atoms with Crippen molar-refractivity contribution in [3.05, 3.63) is 11.7 Å². The summed E-state index contributed by atoms with van der Waals surface area (Å²) in [5, 5.41) is 3.78. The summed E-state index contributed by atoms with van der Waals surface area (Å²) in [4.78, 5) is 8.46. The molecule has 80 valence electrons. The minimum absolute atomic E-state index is 0.113. The first kappa shape index (κ1) is 11.1. The van der Waals surface area contributed by atoms with Gasteiger partial charge in [-0.1, -0.05) is 19.0 Å². The van der Waals surface area contributed by atoms with E-state index in [1.807, 2.05) is 13.8 Å². The van der Waals surface area contributed by atoms with Gasteiger partial charge in [-0.3, -0.25) is 4.84 Å². The van der Waals surface area contributed by atoms with Gasteiger partial charge in [0.2, 0.25) is 5.82 Å². The van der Waals surface area contributed by atoms with Crippen molar-refractivity contribution in [2.45, 2.75) is 26.6 Å². The van der Waals surface area contributed by atoms with Crippen LogP contribution in [0.15, 0.2) is 4.52 Å². The van der Waals surface area contributed by atoms with Crippen LogP contribution in [0.5, 0.6) is 0 Å². The van der Waals surface area contributed by atoms with Crippen LogP contribution in [-0.2, 0) is 16.2 Å². The van der Waals surface area contributed by atoms with Gasteiger partial charge in [0, 0.05) is 7.11 Å². The zero-order valence-corrected chi connectivity index (χ0v) is 8.56. The van der Waals surface area contributed by atoms with E-state index >= 15 is 0 Å². The second-order valence-electron chi connectivity index (χ2n) is 3.26. The third-order valence-corrected chi connectivity index (χ3v) is 1.80. The van der Waals surface area contributed by atoms with Gasteiger partial charge in [-0.2, -0.15) is 4.98 Å². The molecule has 1 aromatic heterocycles.